The van der Waals surface area contributed by atoms with E-state index in [4.69, 9.17) is 0 Å². The van der Waals surface area contributed by atoms with E-state index in [1.165, 1.54) is 6.07 Å². The van der Waals surface area contributed by atoms with Crippen molar-refractivity contribution in [1.82, 2.24) is 0 Å². The third-order valence-electron chi connectivity index (χ3n) is 2.13. The van der Waals surface area contributed by atoms with Crippen molar-refractivity contribution in [2.45, 2.75) is 13.3 Å². The minimum Gasteiger partial charge on any atom is -0.396 e. The van der Waals surface area contributed by atoms with Crippen LogP contribution in [-0.2, 0) is 0 Å². The molecule has 90 valence electrons. The Bertz CT molecular complexity index is 499. The Morgan fingerprint density at radius 2 is 1.65 bits per heavy atom. The highest BCUT2D eigenvalue weighted by atomic mass is 32.1. The van der Waals surface area contributed by atoms with Crippen LogP contribution in [0.15, 0.2) is 36.4 Å². The Labute approximate surface area is 100 Å². The third-order valence-corrected chi connectivity index (χ3v) is 3.15. The summed E-state index contributed by atoms with van der Waals surface area (Å²) in [6.07, 6.45) is -4.63. The molecule has 0 unspecified atom stereocenters. The Morgan fingerprint density at radius 1 is 1.00 bits per heavy atom. The molecule has 0 aliphatic carbocycles. The largest absolute Gasteiger partial charge is 0.573 e. The van der Waals surface area contributed by atoms with Gasteiger partial charge in [-0.05, 0) is 24.6 Å². The number of hydrogen-bond acceptors (Lipinski definition) is 2. The van der Waals surface area contributed by atoms with Gasteiger partial charge in [-0.1, -0.05) is 41.2 Å². The van der Waals surface area contributed by atoms with Crippen molar-refractivity contribution in [2.24, 2.45) is 0 Å². The lowest BCUT2D eigenvalue weighted by atomic mass is 10.1. The normalized spacial score (nSPS) is 11.5. The minimum atomic E-state index is -4.63. The fourth-order valence-corrected chi connectivity index (χ4v) is 2.24. The molecule has 0 saturated carbocycles. The van der Waals surface area contributed by atoms with Crippen molar-refractivity contribution in [3.63, 3.8) is 0 Å². The summed E-state index contributed by atoms with van der Waals surface area (Å²) in [7, 11) is 0. The SMILES string of the molecule is Cc1ccc(-c2ccc(OC(F)(F)F)s2)cc1. The van der Waals surface area contributed by atoms with Crippen molar-refractivity contribution >= 4 is 11.3 Å². The first-order valence-electron chi connectivity index (χ1n) is 4.87. The summed E-state index contributed by atoms with van der Waals surface area (Å²) >= 11 is 0.976. The van der Waals surface area contributed by atoms with E-state index in [1.54, 1.807) is 6.07 Å². The van der Waals surface area contributed by atoms with Gasteiger partial charge in [0.05, 0.1) is 0 Å². The maximum atomic E-state index is 12.0. The van der Waals surface area contributed by atoms with Gasteiger partial charge in [0, 0.05) is 4.88 Å². The van der Waals surface area contributed by atoms with E-state index in [2.05, 4.69) is 4.74 Å². The summed E-state index contributed by atoms with van der Waals surface area (Å²) in [5.41, 5.74) is 2.00. The van der Waals surface area contributed by atoms with Gasteiger partial charge in [0.2, 0.25) is 0 Å². The molecule has 1 aromatic carbocycles. The Balaban J connectivity index is 2.21. The average molecular weight is 258 g/mol. The van der Waals surface area contributed by atoms with Gasteiger partial charge in [0.25, 0.3) is 0 Å². The monoisotopic (exact) mass is 258 g/mol. The maximum absolute atomic E-state index is 12.0. The smallest absolute Gasteiger partial charge is 0.396 e. The van der Waals surface area contributed by atoms with Crippen LogP contribution in [0.25, 0.3) is 10.4 Å². The van der Waals surface area contributed by atoms with Crippen molar-refractivity contribution in [1.29, 1.82) is 0 Å². The van der Waals surface area contributed by atoms with Gasteiger partial charge < -0.3 is 4.74 Å². The van der Waals surface area contributed by atoms with E-state index in [0.717, 1.165) is 27.3 Å². The summed E-state index contributed by atoms with van der Waals surface area (Å²) < 4.78 is 39.8. The molecule has 0 saturated heterocycles. The molecule has 0 aliphatic heterocycles. The van der Waals surface area contributed by atoms with Gasteiger partial charge >= 0.3 is 6.36 Å². The lowest BCUT2D eigenvalue weighted by Gasteiger charge is -2.05. The van der Waals surface area contributed by atoms with Crippen LogP contribution < -0.4 is 4.74 Å². The van der Waals surface area contributed by atoms with Crippen LogP contribution in [0.1, 0.15) is 5.56 Å². The third kappa shape index (κ3) is 3.23. The molecule has 0 spiro atoms. The van der Waals surface area contributed by atoms with Gasteiger partial charge in [-0.15, -0.1) is 13.2 Å². The van der Waals surface area contributed by atoms with Crippen LogP contribution >= 0.6 is 11.3 Å². The molecule has 17 heavy (non-hydrogen) atoms. The number of halogens is 3. The first-order valence-corrected chi connectivity index (χ1v) is 5.68. The Hall–Kier alpha value is -1.49. The second kappa shape index (κ2) is 4.41. The summed E-state index contributed by atoms with van der Waals surface area (Å²) in [6, 6.07) is 10.5. The van der Waals surface area contributed by atoms with E-state index in [9.17, 15) is 13.2 Å². The number of ether oxygens (including phenoxy) is 1. The zero-order chi connectivity index (χ0) is 12.5. The van der Waals surface area contributed by atoms with Crippen molar-refractivity contribution in [3.8, 4) is 15.5 Å². The van der Waals surface area contributed by atoms with Gasteiger partial charge in [0.15, 0.2) is 5.06 Å². The molecule has 1 heterocycles. The number of hydrogen-bond donors (Lipinski definition) is 0. The number of benzene rings is 1. The molecular formula is C12H9F3OS. The van der Waals surface area contributed by atoms with Gasteiger partial charge in [-0.2, -0.15) is 0 Å². The lowest BCUT2D eigenvalue weighted by Crippen LogP contribution is -2.16. The van der Waals surface area contributed by atoms with Crippen LogP contribution in [0.5, 0.6) is 5.06 Å². The Morgan fingerprint density at radius 3 is 2.24 bits per heavy atom. The fourth-order valence-electron chi connectivity index (χ4n) is 1.36. The van der Waals surface area contributed by atoms with Gasteiger partial charge in [-0.3, -0.25) is 0 Å². The first-order chi connectivity index (χ1) is 7.94. The van der Waals surface area contributed by atoms with Crippen LogP contribution in [0.4, 0.5) is 13.2 Å². The van der Waals surface area contributed by atoms with Crippen molar-refractivity contribution in [2.75, 3.05) is 0 Å². The molecule has 1 aromatic heterocycles. The molecule has 0 amide bonds. The molecule has 2 aromatic rings. The highest BCUT2D eigenvalue weighted by Gasteiger charge is 2.31. The van der Waals surface area contributed by atoms with Crippen LogP contribution in [-0.4, -0.2) is 6.36 Å². The predicted octanol–water partition coefficient (Wildman–Crippen LogP) is 4.62. The van der Waals surface area contributed by atoms with E-state index in [-0.39, 0.29) is 5.06 Å². The van der Waals surface area contributed by atoms with E-state index in [0.29, 0.717) is 0 Å². The van der Waals surface area contributed by atoms with Crippen LogP contribution in [0, 0.1) is 6.92 Å². The number of rotatable bonds is 2. The summed E-state index contributed by atoms with van der Waals surface area (Å²) in [6.45, 7) is 1.95. The zero-order valence-corrected chi connectivity index (χ0v) is 9.73. The molecule has 0 N–H and O–H groups in total. The quantitative estimate of drug-likeness (QED) is 0.763. The topological polar surface area (TPSA) is 9.23 Å². The minimum absolute atomic E-state index is 0.145. The highest BCUT2D eigenvalue weighted by Crippen LogP contribution is 2.35. The zero-order valence-electron chi connectivity index (χ0n) is 8.91. The molecule has 0 fully saturated rings. The number of aryl methyl sites for hydroxylation is 1. The van der Waals surface area contributed by atoms with Gasteiger partial charge in [0.1, 0.15) is 0 Å². The molecule has 0 radical (unpaired) electrons. The number of alkyl halides is 3. The molecule has 2 rings (SSSR count). The van der Waals surface area contributed by atoms with Gasteiger partial charge in [-0.25, -0.2) is 0 Å². The highest BCUT2D eigenvalue weighted by molar-refractivity contribution is 7.17. The molecule has 5 heteroatoms. The van der Waals surface area contributed by atoms with Crippen LogP contribution in [0.3, 0.4) is 0 Å². The lowest BCUT2D eigenvalue weighted by molar-refractivity contribution is -0.273. The molecular weight excluding hydrogens is 249 g/mol. The summed E-state index contributed by atoms with van der Waals surface area (Å²) in [4.78, 5) is 0.754. The Kier molecular flexibility index (Phi) is 3.11. The van der Waals surface area contributed by atoms with Crippen LogP contribution in [0.2, 0.25) is 0 Å². The fraction of sp³-hybridized carbons (Fsp3) is 0.167. The van der Waals surface area contributed by atoms with Crippen molar-refractivity contribution in [3.05, 3.63) is 42.0 Å². The molecule has 0 bridgehead atoms. The molecule has 0 atom stereocenters. The molecule has 0 aliphatic rings. The number of thiophene rings is 1. The van der Waals surface area contributed by atoms with E-state index < -0.39 is 6.36 Å². The second-order valence-corrected chi connectivity index (χ2v) is 4.58. The predicted molar refractivity (Wildman–Crippen MR) is 61.2 cm³/mol. The second-order valence-electron chi connectivity index (χ2n) is 3.53. The standard InChI is InChI=1S/C12H9F3OS/c1-8-2-4-9(5-3-8)10-6-7-11(17-10)16-12(13,14)15/h2-7H,1H3. The molecule has 1 nitrogen and oxygen atoms in total. The average Bonchev–Trinajstić information content (AvgIpc) is 2.64. The maximum Gasteiger partial charge on any atom is 0.573 e. The van der Waals surface area contributed by atoms with E-state index in [1.807, 2.05) is 31.2 Å². The first kappa shape index (κ1) is 12.0. The summed E-state index contributed by atoms with van der Waals surface area (Å²) in [5.74, 6) is 0. The van der Waals surface area contributed by atoms with Crippen molar-refractivity contribution < 1.29 is 17.9 Å². The summed E-state index contributed by atoms with van der Waals surface area (Å²) in [5, 5.41) is -0.145. The van der Waals surface area contributed by atoms with E-state index >= 15 is 0 Å².